The van der Waals surface area contributed by atoms with E-state index in [1.54, 1.807) is 6.92 Å². The van der Waals surface area contributed by atoms with Crippen molar-refractivity contribution in [2.24, 2.45) is 0 Å². The third-order valence-electron chi connectivity index (χ3n) is 5.85. The molecule has 1 aliphatic rings. The van der Waals surface area contributed by atoms with E-state index in [4.69, 9.17) is 4.74 Å². The number of fused-ring (bicyclic) bond motifs is 3. The van der Waals surface area contributed by atoms with Crippen LogP contribution in [0.25, 0.3) is 11.1 Å². The number of carbonyl (C=O) groups is 3. The zero-order valence-corrected chi connectivity index (χ0v) is 18.4. The van der Waals surface area contributed by atoms with E-state index >= 15 is 0 Å². The molecule has 0 saturated carbocycles. The van der Waals surface area contributed by atoms with Crippen LogP contribution in [0.2, 0.25) is 0 Å². The zero-order valence-electron chi connectivity index (χ0n) is 18.4. The molecule has 2 amide bonds. The number of anilines is 1. The van der Waals surface area contributed by atoms with E-state index in [-0.39, 0.29) is 24.6 Å². The molecule has 8 heteroatoms. The quantitative estimate of drug-likeness (QED) is 0.469. The normalized spacial score (nSPS) is 12.9. The van der Waals surface area contributed by atoms with Crippen molar-refractivity contribution in [3.8, 4) is 11.1 Å². The molecule has 0 bridgehead atoms. The molecular formula is C26H23FN2O5. The van der Waals surface area contributed by atoms with Crippen LogP contribution in [0.3, 0.4) is 0 Å². The average molecular weight is 462 g/mol. The molecule has 34 heavy (non-hydrogen) atoms. The Morgan fingerprint density at radius 3 is 2.18 bits per heavy atom. The molecule has 4 rings (SSSR count). The summed E-state index contributed by atoms with van der Waals surface area (Å²) in [5.41, 5.74) is 3.49. The monoisotopic (exact) mass is 462 g/mol. The number of amides is 2. The van der Waals surface area contributed by atoms with Crippen molar-refractivity contribution >= 4 is 23.7 Å². The molecule has 7 nitrogen and oxygen atoms in total. The molecule has 3 N–H and O–H groups in total. The van der Waals surface area contributed by atoms with E-state index < -0.39 is 35.4 Å². The Morgan fingerprint density at radius 1 is 0.971 bits per heavy atom. The highest BCUT2D eigenvalue weighted by Crippen LogP contribution is 2.44. The van der Waals surface area contributed by atoms with Crippen molar-refractivity contribution in [1.82, 2.24) is 5.32 Å². The molecule has 1 atom stereocenters. The summed E-state index contributed by atoms with van der Waals surface area (Å²) < 4.78 is 19.4. The minimum atomic E-state index is -1.51. The molecule has 0 radical (unpaired) electrons. The molecular weight excluding hydrogens is 439 g/mol. The number of nitrogens with one attached hydrogen (secondary N) is 2. The van der Waals surface area contributed by atoms with Crippen molar-refractivity contribution in [3.63, 3.8) is 0 Å². The van der Waals surface area contributed by atoms with Crippen molar-refractivity contribution in [3.05, 3.63) is 89.2 Å². The molecule has 0 fully saturated rings. The standard InChI is InChI=1S/C26H23FN2O5/c1-2-21(24(30)28-22-13-7-12-20(27)23(22)25(31)32)29-26(33)34-14-19-17-10-5-3-8-15(17)16-9-4-6-11-18(16)19/h3-13,19,21H,2,14H2,1H3,(H,28,30)(H,29,33)(H,31,32). The van der Waals surface area contributed by atoms with Gasteiger partial charge in [-0.25, -0.2) is 14.0 Å². The number of rotatable bonds is 7. The summed E-state index contributed by atoms with van der Waals surface area (Å²) in [4.78, 5) is 36.5. The number of halogens is 1. The number of hydrogen-bond acceptors (Lipinski definition) is 4. The van der Waals surface area contributed by atoms with Crippen LogP contribution in [0.1, 0.15) is 40.7 Å². The fourth-order valence-electron chi connectivity index (χ4n) is 4.20. The number of carboxylic acid groups (broad SMARTS) is 1. The third kappa shape index (κ3) is 4.47. The van der Waals surface area contributed by atoms with E-state index in [1.165, 1.54) is 12.1 Å². The van der Waals surface area contributed by atoms with Gasteiger partial charge in [0.05, 0.1) is 5.69 Å². The van der Waals surface area contributed by atoms with E-state index in [0.29, 0.717) is 0 Å². The van der Waals surface area contributed by atoms with E-state index in [0.717, 1.165) is 28.3 Å². The number of alkyl carbamates (subject to hydrolysis) is 1. The fraction of sp³-hybridized carbons (Fsp3) is 0.192. The summed E-state index contributed by atoms with van der Waals surface area (Å²) in [5.74, 6) is -3.28. The fourth-order valence-corrected chi connectivity index (χ4v) is 4.20. The van der Waals surface area contributed by atoms with Crippen LogP contribution < -0.4 is 10.6 Å². The van der Waals surface area contributed by atoms with Crippen LogP contribution in [-0.4, -0.2) is 35.7 Å². The summed E-state index contributed by atoms with van der Waals surface area (Å²) in [6.07, 6.45) is -0.560. The van der Waals surface area contributed by atoms with Crippen LogP contribution >= 0.6 is 0 Å². The van der Waals surface area contributed by atoms with Crippen molar-refractivity contribution in [2.75, 3.05) is 11.9 Å². The lowest BCUT2D eigenvalue weighted by Gasteiger charge is -2.19. The molecule has 0 saturated heterocycles. The molecule has 174 valence electrons. The second-order valence-corrected chi connectivity index (χ2v) is 7.89. The summed E-state index contributed by atoms with van der Waals surface area (Å²) in [6, 6.07) is 18.4. The zero-order chi connectivity index (χ0) is 24.2. The largest absolute Gasteiger partial charge is 0.478 e. The van der Waals surface area contributed by atoms with Gasteiger partial charge in [-0.2, -0.15) is 0 Å². The summed E-state index contributed by atoms with van der Waals surface area (Å²) in [5, 5.41) is 14.1. The summed E-state index contributed by atoms with van der Waals surface area (Å²) in [7, 11) is 0. The minimum Gasteiger partial charge on any atom is -0.478 e. The molecule has 0 spiro atoms. The second kappa shape index (κ2) is 9.74. The highest BCUT2D eigenvalue weighted by atomic mass is 19.1. The minimum absolute atomic E-state index is 0.0883. The van der Waals surface area contributed by atoms with Gasteiger partial charge in [0.2, 0.25) is 5.91 Å². The van der Waals surface area contributed by atoms with E-state index in [9.17, 15) is 23.9 Å². The predicted molar refractivity (Wildman–Crippen MR) is 124 cm³/mol. The third-order valence-corrected chi connectivity index (χ3v) is 5.85. The Balaban J connectivity index is 1.42. The van der Waals surface area contributed by atoms with Gasteiger partial charge in [0.1, 0.15) is 24.0 Å². The lowest BCUT2D eigenvalue weighted by molar-refractivity contribution is -0.118. The summed E-state index contributed by atoms with van der Waals surface area (Å²) >= 11 is 0. The van der Waals surface area contributed by atoms with E-state index in [1.807, 2.05) is 48.5 Å². The number of hydrogen-bond donors (Lipinski definition) is 3. The molecule has 3 aromatic rings. The Hall–Kier alpha value is -4.20. The highest BCUT2D eigenvalue weighted by Gasteiger charge is 2.30. The first-order valence-corrected chi connectivity index (χ1v) is 10.8. The molecule has 0 aliphatic heterocycles. The van der Waals surface area contributed by atoms with Gasteiger partial charge in [0, 0.05) is 5.92 Å². The number of carboxylic acids is 1. The molecule has 1 unspecified atom stereocenters. The smallest absolute Gasteiger partial charge is 0.407 e. The highest BCUT2D eigenvalue weighted by molar-refractivity contribution is 6.03. The average Bonchev–Trinajstić information content (AvgIpc) is 3.14. The topological polar surface area (TPSA) is 105 Å². The Bertz CT molecular complexity index is 1210. The lowest BCUT2D eigenvalue weighted by Crippen LogP contribution is -2.44. The van der Waals surface area contributed by atoms with Gasteiger partial charge in [-0.15, -0.1) is 0 Å². The summed E-state index contributed by atoms with van der Waals surface area (Å²) in [6.45, 7) is 1.77. The van der Waals surface area contributed by atoms with Gasteiger partial charge in [0.25, 0.3) is 0 Å². The molecule has 0 aromatic heterocycles. The van der Waals surface area contributed by atoms with Gasteiger partial charge in [-0.3, -0.25) is 4.79 Å². The number of carbonyl (C=O) groups excluding carboxylic acids is 2. The van der Waals surface area contributed by atoms with Crippen LogP contribution in [0.5, 0.6) is 0 Å². The maximum Gasteiger partial charge on any atom is 0.407 e. The first-order chi connectivity index (χ1) is 16.4. The predicted octanol–water partition coefficient (Wildman–Crippen LogP) is 4.78. The first kappa shape index (κ1) is 23.0. The lowest BCUT2D eigenvalue weighted by atomic mass is 9.98. The number of aromatic carboxylic acids is 1. The van der Waals surface area contributed by atoms with E-state index in [2.05, 4.69) is 10.6 Å². The van der Waals surface area contributed by atoms with Crippen LogP contribution in [0.15, 0.2) is 66.7 Å². The molecule has 1 aliphatic carbocycles. The van der Waals surface area contributed by atoms with Gasteiger partial charge < -0.3 is 20.5 Å². The number of benzene rings is 3. The van der Waals surface area contributed by atoms with Crippen molar-refractivity contribution < 1.29 is 28.6 Å². The van der Waals surface area contributed by atoms with Gasteiger partial charge in [-0.1, -0.05) is 61.5 Å². The molecule has 3 aromatic carbocycles. The van der Waals surface area contributed by atoms with Crippen LogP contribution in [0.4, 0.5) is 14.9 Å². The van der Waals surface area contributed by atoms with Gasteiger partial charge >= 0.3 is 12.1 Å². The molecule has 0 heterocycles. The SMILES string of the molecule is CCC(NC(=O)OCC1c2ccccc2-c2ccccc21)C(=O)Nc1cccc(F)c1C(=O)O. The van der Waals surface area contributed by atoms with Gasteiger partial charge in [0.15, 0.2) is 0 Å². The maximum atomic E-state index is 13.9. The Labute approximate surface area is 195 Å². The maximum absolute atomic E-state index is 13.9. The van der Waals surface area contributed by atoms with Crippen LogP contribution in [-0.2, 0) is 9.53 Å². The Morgan fingerprint density at radius 2 is 1.59 bits per heavy atom. The first-order valence-electron chi connectivity index (χ1n) is 10.8. The second-order valence-electron chi connectivity index (χ2n) is 7.89. The van der Waals surface area contributed by atoms with Crippen molar-refractivity contribution in [2.45, 2.75) is 25.3 Å². The Kier molecular flexibility index (Phi) is 6.58. The number of ether oxygens (including phenoxy) is 1. The van der Waals surface area contributed by atoms with Crippen LogP contribution in [0, 0.1) is 5.82 Å². The van der Waals surface area contributed by atoms with Gasteiger partial charge in [-0.05, 0) is 40.8 Å². The van der Waals surface area contributed by atoms with Crippen molar-refractivity contribution in [1.29, 1.82) is 0 Å².